The summed E-state index contributed by atoms with van der Waals surface area (Å²) in [5, 5.41) is 10.9. The number of aldehydes is 1. The van der Waals surface area contributed by atoms with E-state index in [0.717, 1.165) is 24.5 Å². The highest BCUT2D eigenvalue weighted by atomic mass is 16.6. The lowest BCUT2D eigenvalue weighted by molar-refractivity contribution is -0.148. The molecule has 5 nitrogen and oxygen atoms in total. The van der Waals surface area contributed by atoms with Gasteiger partial charge >= 0.3 is 5.97 Å². The zero-order valence-electron chi connectivity index (χ0n) is 18.9. The molecule has 0 aromatic rings. The predicted octanol–water partition coefficient (Wildman–Crippen LogP) is 4.58. The Balaban J connectivity index is 3.39. The SMILES string of the molecule is CC(C)=CCC[C@]1(C)/C=C/[C@@H](OC(=O)C=C(C)C)[C@](C)(O)/C=C/C(=O)/C(C=O)=C\C1. The first-order valence-corrected chi connectivity index (χ1v) is 10.2. The van der Waals surface area contributed by atoms with Crippen LogP contribution in [-0.2, 0) is 19.1 Å². The van der Waals surface area contributed by atoms with Gasteiger partial charge in [0, 0.05) is 6.08 Å². The summed E-state index contributed by atoms with van der Waals surface area (Å²) in [7, 11) is 0. The summed E-state index contributed by atoms with van der Waals surface area (Å²) < 4.78 is 5.50. The van der Waals surface area contributed by atoms with Gasteiger partial charge in [-0.25, -0.2) is 4.79 Å². The average molecular weight is 415 g/mol. The number of esters is 1. The summed E-state index contributed by atoms with van der Waals surface area (Å²) in [6, 6.07) is 0. The second kappa shape index (κ2) is 11.0. The molecule has 0 amide bonds. The third-order valence-electron chi connectivity index (χ3n) is 4.94. The third-order valence-corrected chi connectivity index (χ3v) is 4.94. The molecule has 5 heteroatoms. The van der Waals surface area contributed by atoms with Gasteiger partial charge in [-0.1, -0.05) is 36.3 Å². The fraction of sp³-hybridized carbons (Fsp3) is 0.480. The Kier molecular flexibility index (Phi) is 9.37. The number of ketones is 1. The van der Waals surface area contributed by atoms with Crippen molar-refractivity contribution in [1.29, 1.82) is 0 Å². The van der Waals surface area contributed by atoms with E-state index >= 15 is 0 Å². The predicted molar refractivity (Wildman–Crippen MR) is 119 cm³/mol. The molecule has 1 aliphatic carbocycles. The summed E-state index contributed by atoms with van der Waals surface area (Å²) in [5.41, 5.74) is -0.00101. The molecule has 0 unspecified atom stereocenters. The average Bonchev–Trinajstić information content (AvgIpc) is 2.63. The van der Waals surface area contributed by atoms with Gasteiger partial charge in [0.05, 0.1) is 5.57 Å². The maximum absolute atomic E-state index is 12.4. The largest absolute Gasteiger partial charge is 0.452 e. The molecule has 3 atom stereocenters. The van der Waals surface area contributed by atoms with E-state index in [1.165, 1.54) is 24.6 Å². The number of hydrogen-bond donors (Lipinski definition) is 1. The topological polar surface area (TPSA) is 80.7 Å². The molecular weight excluding hydrogens is 380 g/mol. The Morgan fingerprint density at radius 3 is 2.43 bits per heavy atom. The van der Waals surface area contributed by atoms with Crippen molar-refractivity contribution in [1.82, 2.24) is 0 Å². The van der Waals surface area contributed by atoms with Crippen LogP contribution in [0.1, 0.15) is 60.8 Å². The quantitative estimate of drug-likeness (QED) is 0.226. The minimum Gasteiger partial charge on any atom is -0.452 e. The van der Waals surface area contributed by atoms with E-state index in [1.54, 1.807) is 26.0 Å². The number of hydrogen-bond acceptors (Lipinski definition) is 5. The van der Waals surface area contributed by atoms with Crippen molar-refractivity contribution in [3.05, 3.63) is 59.3 Å². The van der Waals surface area contributed by atoms with Crippen LogP contribution in [0, 0.1) is 5.41 Å². The smallest absolute Gasteiger partial charge is 0.331 e. The molecule has 0 radical (unpaired) electrons. The first-order valence-electron chi connectivity index (χ1n) is 10.2. The molecule has 164 valence electrons. The van der Waals surface area contributed by atoms with E-state index in [9.17, 15) is 19.5 Å². The highest BCUT2D eigenvalue weighted by Crippen LogP contribution is 2.33. The monoisotopic (exact) mass is 414 g/mol. The molecule has 0 bridgehead atoms. The fourth-order valence-electron chi connectivity index (χ4n) is 3.00. The first-order chi connectivity index (χ1) is 13.9. The van der Waals surface area contributed by atoms with E-state index in [4.69, 9.17) is 4.74 Å². The lowest BCUT2D eigenvalue weighted by Crippen LogP contribution is -2.39. The molecule has 0 heterocycles. The Bertz CT molecular complexity index is 799. The molecule has 1 rings (SSSR count). The Morgan fingerprint density at radius 2 is 1.87 bits per heavy atom. The lowest BCUT2D eigenvalue weighted by Gasteiger charge is -2.29. The van der Waals surface area contributed by atoms with Gasteiger partial charge in [-0.3, -0.25) is 9.59 Å². The second-order valence-corrected chi connectivity index (χ2v) is 8.82. The number of aliphatic hydroxyl groups is 1. The maximum Gasteiger partial charge on any atom is 0.331 e. The van der Waals surface area contributed by atoms with Crippen molar-refractivity contribution in [3.63, 3.8) is 0 Å². The number of carbonyl (C=O) groups is 3. The van der Waals surface area contributed by atoms with Crippen molar-refractivity contribution < 1.29 is 24.2 Å². The van der Waals surface area contributed by atoms with Crippen LogP contribution in [0.5, 0.6) is 0 Å². The molecule has 0 spiro atoms. The number of rotatable bonds is 6. The molecule has 0 aromatic heterocycles. The standard InChI is InChI=1S/C25H34O5/c1-18(2)8-7-12-24(5)13-9-20(17-26)21(27)10-15-25(6,29)22(11-14-24)30-23(28)16-19(3)4/h8-11,14-17,22,29H,7,12-13H2,1-6H3/b14-11+,15-10+,20-9-/t22-,24+,25-/m1/s1. The highest BCUT2D eigenvalue weighted by Gasteiger charge is 2.32. The normalized spacial score (nSPS) is 30.7. The minimum absolute atomic E-state index is 0.0453. The molecular formula is C25H34O5. The number of carbonyl (C=O) groups excluding carboxylic acids is 3. The van der Waals surface area contributed by atoms with E-state index < -0.39 is 28.9 Å². The van der Waals surface area contributed by atoms with E-state index in [2.05, 4.69) is 6.08 Å². The zero-order valence-corrected chi connectivity index (χ0v) is 18.9. The Morgan fingerprint density at radius 1 is 1.20 bits per heavy atom. The van der Waals surface area contributed by atoms with Crippen LogP contribution in [0.15, 0.2) is 59.3 Å². The third kappa shape index (κ3) is 8.46. The van der Waals surface area contributed by atoms with Crippen LogP contribution in [0.4, 0.5) is 0 Å². The minimum atomic E-state index is -1.63. The molecule has 1 N–H and O–H groups in total. The van der Waals surface area contributed by atoms with Crippen LogP contribution in [-0.4, -0.2) is 34.9 Å². The van der Waals surface area contributed by atoms with Gasteiger partial charge < -0.3 is 9.84 Å². The van der Waals surface area contributed by atoms with Crippen LogP contribution < -0.4 is 0 Å². The van der Waals surface area contributed by atoms with Crippen LogP contribution in [0.3, 0.4) is 0 Å². The van der Waals surface area contributed by atoms with Crippen molar-refractivity contribution in [2.75, 3.05) is 0 Å². The zero-order chi connectivity index (χ0) is 22.9. The molecule has 0 aliphatic heterocycles. The molecule has 0 fully saturated rings. The molecule has 30 heavy (non-hydrogen) atoms. The van der Waals surface area contributed by atoms with Crippen LogP contribution >= 0.6 is 0 Å². The van der Waals surface area contributed by atoms with Crippen LogP contribution in [0.25, 0.3) is 0 Å². The van der Waals surface area contributed by atoms with Gasteiger partial charge in [0.25, 0.3) is 0 Å². The summed E-state index contributed by atoms with van der Waals surface area (Å²) in [6.45, 7) is 11.1. The lowest BCUT2D eigenvalue weighted by atomic mass is 9.80. The fourth-order valence-corrected chi connectivity index (χ4v) is 3.00. The second-order valence-electron chi connectivity index (χ2n) is 8.82. The Labute approximate surface area is 179 Å². The van der Waals surface area contributed by atoms with Crippen molar-refractivity contribution in [2.45, 2.75) is 72.5 Å². The van der Waals surface area contributed by atoms with Gasteiger partial charge in [0.15, 0.2) is 18.2 Å². The summed E-state index contributed by atoms with van der Waals surface area (Å²) in [5.74, 6) is -1.06. The van der Waals surface area contributed by atoms with Gasteiger partial charge in [-0.15, -0.1) is 0 Å². The van der Waals surface area contributed by atoms with E-state index in [0.29, 0.717) is 12.7 Å². The van der Waals surface area contributed by atoms with Crippen molar-refractivity contribution in [2.24, 2.45) is 5.41 Å². The molecule has 1 aliphatic rings. The van der Waals surface area contributed by atoms with Gasteiger partial charge in [-0.2, -0.15) is 0 Å². The van der Waals surface area contributed by atoms with Gasteiger partial charge in [0.2, 0.25) is 0 Å². The first kappa shape index (κ1) is 25.5. The maximum atomic E-state index is 12.4. The summed E-state index contributed by atoms with van der Waals surface area (Å²) >= 11 is 0. The summed E-state index contributed by atoms with van der Waals surface area (Å²) in [4.78, 5) is 36.0. The van der Waals surface area contributed by atoms with E-state index in [1.807, 2.05) is 26.8 Å². The van der Waals surface area contributed by atoms with Crippen molar-refractivity contribution in [3.8, 4) is 0 Å². The van der Waals surface area contributed by atoms with Crippen LogP contribution in [0.2, 0.25) is 0 Å². The molecule has 0 saturated heterocycles. The number of allylic oxidation sites excluding steroid dienone is 7. The van der Waals surface area contributed by atoms with Gasteiger partial charge in [-0.05, 0) is 77.5 Å². The van der Waals surface area contributed by atoms with E-state index in [-0.39, 0.29) is 5.57 Å². The van der Waals surface area contributed by atoms with Crippen molar-refractivity contribution >= 4 is 18.0 Å². The number of ether oxygens (including phenoxy) is 1. The van der Waals surface area contributed by atoms with Gasteiger partial charge in [0.1, 0.15) is 5.60 Å². The summed E-state index contributed by atoms with van der Waals surface area (Å²) in [6.07, 6.45) is 12.7. The highest BCUT2D eigenvalue weighted by molar-refractivity contribution is 6.17. The Hall–Kier alpha value is -2.53. The molecule has 0 saturated carbocycles. The molecule has 0 aromatic carbocycles.